The van der Waals surface area contributed by atoms with Crippen molar-refractivity contribution in [3.05, 3.63) is 34.7 Å². The van der Waals surface area contributed by atoms with Gasteiger partial charge in [0.05, 0.1) is 6.54 Å². The fraction of sp³-hybridized carbons (Fsp3) is 0.455. The van der Waals surface area contributed by atoms with Gasteiger partial charge in [-0.05, 0) is 12.5 Å². The minimum Gasteiger partial charge on any atom is -0.308 e. The highest BCUT2D eigenvalue weighted by Gasteiger charge is 2.10. The highest BCUT2D eigenvalue weighted by molar-refractivity contribution is 5.80. The number of carbonyl (C=O) groups excluding carboxylic acids is 1. The zero-order chi connectivity index (χ0) is 10.6. The Balaban J connectivity index is 2.75. The van der Waals surface area contributed by atoms with Gasteiger partial charge in [0, 0.05) is 18.2 Å². The van der Waals surface area contributed by atoms with Gasteiger partial charge < -0.3 is 4.57 Å². The van der Waals surface area contributed by atoms with Crippen LogP contribution in [0.2, 0.25) is 0 Å². The molecule has 0 fully saturated rings. The van der Waals surface area contributed by atoms with Crippen LogP contribution in [0.3, 0.4) is 0 Å². The third-order valence-corrected chi connectivity index (χ3v) is 2.39. The Morgan fingerprint density at radius 2 is 2.21 bits per heavy atom. The second-order valence-electron chi connectivity index (χ2n) is 3.44. The van der Waals surface area contributed by atoms with E-state index in [1.807, 2.05) is 13.8 Å². The largest absolute Gasteiger partial charge is 0.308 e. The van der Waals surface area contributed by atoms with Crippen LogP contribution in [0.15, 0.2) is 29.2 Å². The zero-order valence-corrected chi connectivity index (χ0v) is 8.56. The Labute approximate surface area is 83.4 Å². The predicted octanol–water partition coefficient (Wildman–Crippen LogP) is 1.46. The molecule has 0 spiro atoms. The molecule has 0 bridgehead atoms. The summed E-state index contributed by atoms with van der Waals surface area (Å²) in [7, 11) is 0. The first kappa shape index (κ1) is 10.7. The lowest BCUT2D eigenvalue weighted by molar-refractivity contribution is -0.123. The van der Waals surface area contributed by atoms with Crippen molar-refractivity contribution in [3.63, 3.8) is 0 Å². The highest BCUT2D eigenvalue weighted by atomic mass is 16.1. The van der Waals surface area contributed by atoms with E-state index in [1.54, 1.807) is 18.3 Å². The highest BCUT2D eigenvalue weighted by Crippen LogP contribution is 2.02. The summed E-state index contributed by atoms with van der Waals surface area (Å²) in [5.74, 6) is 0.142. The molecule has 1 unspecified atom stereocenters. The van der Waals surface area contributed by atoms with Gasteiger partial charge in [-0.3, -0.25) is 9.59 Å². The molecule has 0 aliphatic carbocycles. The minimum atomic E-state index is -0.121. The van der Waals surface area contributed by atoms with E-state index in [0.29, 0.717) is 0 Å². The average molecular weight is 193 g/mol. The Hall–Kier alpha value is -1.38. The Bertz CT molecular complexity index is 368. The van der Waals surface area contributed by atoms with E-state index < -0.39 is 0 Å². The standard InChI is InChI=1S/C11H15NO2/c1-3-9(2)10(13)8-12-7-5-4-6-11(12)14/h4-7,9H,3,8H2,1-2H3. The lowest BCUT2D eigenvalue weighted by atomic mass is 10.0. The van der Waals surface area contributed by atoms with Crippen molar-refractivity contribution in [2.45, 2.75) is 26.8 Å². The molecule has 3 nitrogen and oxygen atoms in total. The topological polar surface area (TPSA) is 39.1 Å². The molecule has 14 heavy (non-hydrogen) atoms. The number of hydrogen-bond donors (Lipinski definition) is 0. The molecule has 1 rings (SSSR count). The molecular formula is C11H15NO2. The van der Waals surface area contributed by atoms with E-state index in [9.17, 15) is 9.59 Å². The van der Waals surface area contributed by atoms with E-state index in [4.69, 9.17) is 0 Å². The maximum absolute atomic E-state index is 11.5. The van der Waals surface area contributed by atoms with Crippen molar-refractivity contribution in [3.8, 4) is 0 Å². The second-order valence-corrected chi connectivity index (χ2v) is 3.44. The van der Waals surface area contributed by atoms with Crippen molar-refractivity contribution in [1.82, 2.24) is 4.57 Å². The molecule has 1 atom stereocenters. The van der Waals surface area contributed by atoms with Gasteiger partial charge in [0.1, 0.15) is 0 Å². The van der Waals surface area contributed by atoms with E-state index in [1.165, 1.54) is 10.6 Å². The van der Waals surface area contributed by atoms with Crippen LogP contribution in [0.25, 0.3) is 0 Å². The average Bonchev–Trinajstić information content (AvgIpc) is 2.20. The van der Waals surface area contributed by atoms with Gasteiger partial charge >= 0.3 is 0 Å². The number of Topliss-reactive ketones (excluding diaryl/α,β-unsaturated/α-hetero) is 1. The summed E-state index contributed by atoms with van der Waals surface area (Å²) in [6, 6.07) is 4.89. The second kappa shape index (κ2) is 4.74. The van der Waals surface area contributed by atoms with Crippen LogP contribution in [0, 0.1) is 5.92 Å². The van der Waals surface area contributed by atoms with Gasteiger partial charge in [-0.15, -0.1) is 0 Å². The minimum absolute atomic E-state index is 0.0297. The first-order chi connectivity index (χ1) is 6.65. The summed E-state index contributed by atoms with van der Waals surface area (Å²) >= 11 is 0. The van der Waals surface area contributed by atoms with Gasteiger partial charge in [0.2, 0.25) is 0 Å². The summed E-state index contributed by atoms with van der Waals surface area (Å²) < 4.78 is 1.44. The Morgan fingerprint density at radius 1 is 1.50 bits per heavy atom. The third-order valence-electron chi connectivity index (χ3n) is 2.39. The van der Waals surface area contributed by atoms with E-state index in [2.05, 4.69) is 0 Å². The van der Waals surface area contributed by atoms with Gasteiger partial charge in [-0.1, -0.05) is 19.9 Å². The van der Waals surface area contributed by atoms with Crippen molar-refractivity contribution in [2.24, 2.45) is 5.92 Å². The fourth-order valence-electron chi connectivity index (χ4n) is 1.14. The molecule has 0 amide bonds. The van der Waals surface area contributed by atoms with Crippen LogP contribution in [-0.4, -0.2) is 10.4 Å². The third kappa shape index (κ3) is 2.55. The van der Waals surface area contributed by atoms with Crippen LogP contribution < -0.4 is 5.56 Å². The molecular weight excluding hydrogens is 178 g/mol. The van der Waals surface area contributed by atoms with Crippen LogP contribution >= 0.6 is 0 Å². The van der Waals surface area contributed by atoms with Crippen molar-refractivity contribution < 1.29 is 4.79 Å². The number of hydrogen-bond acceptors (Lipinski definition) is 2. The summed E-state index contributed by atoms with van der Waals surface area (Å²) in [5, 5.41) is 0. The number of pyridine rings is 1. The van der Waals surface area contributed by atoms with Gasteiger partial charge in [-0.25, -0.2) is 0 Å². The van der Waals surface area contributed by atoms with Crippen molar-refractivity contribution >= 4 is 5.78 Å². The smallest absolute Gasteiger partial charge is 0.250 e. The van der Waals surface area contributed by atoms with Crippen LogP contribution in [0.1, 0.15) is 20.3 Å². The number of aromatic nitrogens is 1. The lowest BCUT2D eigenvalue weighted by Crippen LogP contribution is -2.25. The van der Waals surface area contributed by atoms with E-state index >= 15 is 0 Å². The molecule has 1 aromatic rings. The molecule has 0 radical (unpaired) electrons. The maximum Gasteiger partial charge on any atom is 0.250 e. The van der Waals surface area contributed by atoms with Gasteiger partial charge in [0.15, 0.2) is 5.78 Å². The molecule has 0 saturated heterocycles. The molecule has 1 aromatic heterocycles. The number of ketones is 1. The predicted molar refractivity (Wildman–Crippen MR) is 55.2 cm³/mol. The van der Waals surface area contributed by atoms with Gasteiger partial charge in [-0.2, -0.15) is 0 Å². The van der Waals surface area contributed by atoms with E-state index in [0.717, 1.165) is 6.42 Å². The molecule has 1 heterocycles. The number of carbonyl (C=O) groups is 1. The van der Waals surface area contributed by atoms with Crippen molar-refractivity contribution in [1.29, 1.82) is 0 Å². The Kier molecular flexibility index (Phi) is 3.63. The molecule has 0 N–H and O–H groups in total. The van der Waals surface area contributed by atoms with Crippen LogP contribution in [-0.2, 0) is 11.3 Å². The maximum atomic E-state index is 11.5. The molecule has 3 heteroatoms. The molecule has 0 aliphatic heterocycles. The number of rotatable bonds is 4. The molecule has 0 aliphatic rings. The van der Waals surface area contributed by atoms with Crippen molar-refractivity contribution in [2.75, 3.05) is 0 Å². The van der Waals surface area contributed by atoms with Gasteiger partial charge in [0.25, 0.3) is 5.56 Å². The van der Waals surface area contributed by atoms with E-state index in [-0.39, 0.29) is 23.8 Å². The Morgan fingerprint density at radius 3 is 2.79 bits per heavy atom. The zero-order valence-electron chi connectivity index (χ0n) is 8.56. The molecule has 0 saturated carbocycles. The molecule has 0 aromatic carbocycles. The summed E-state index contributed by atoms with van der Waals surface area (Å²) in [4.78, 5) is 22.8. The molecule has 76 valence electrons. The monoisotopic (exact) mass is 193 g/mol. The first-order valence-corrected chi connectivity index (χ1v) is 4.83. The normalized spacial score (nSPS) is 12.4. The van der Waals surface area contributed by atoms with Crippen LogP contribution in [0.4, 0.5) is 0 Å². The lowest BCUT2D eigenvalue weighted by Gasteiger charge is -2.08. The SMILES string of the molecule is CCC(C)C(=O)Cn1ccccc1=O. The summed E-state index contributed by atoms with van der Waals surface area (Å²) in [6.07, 6.45) is 2.46. The first-order valence-electron chi connectivity index (χ1n) is 4.83. The number of nitrogens with zero attached hydrogens (tertiary/aromatic N) is 1. The fourth-order valence-corrected chi connectivity index (χ4v) is 1.14. The summed E-state index contributed by atoms with van der Waals surface area (Å²) in [6.45, 7) is 4.04. The quantitative estimate of drug-likeness (QED) is 0.726. The summed E-state index contributed by atoms with van der Waals surface area (Å²) in [5.41, 5.74) is -0.121. The van der Waals surface area contributed by atoms with Crippen LogP contribution in [0.5, 0.6) is 0 Å².